The first-order valence-corrected chi connectivity index (χ1v) is 10.2. The molecule has 2 heterocycles. The van der Waals surface area contributed by atoms with Gasteiger partial charge in [-0.3, -0.25) is 0 Å². The normalized spacial score (nSPS) is 11.8. The van der Waals surface area contributed by atoms with Gasteiger partial charge in [0.2, 0.25) is 0 Å². The molecule has 1 N–H and O–H groups in total. The Morgan fingerprint density at radius 3 is 2.50 bits per heavy atom. The number of phenolic OH excluding ortho intramolecular Hbond substituents is 1. The first-order valence-electron chi connectivity index (χ1n) is 8.41. The molecule has 0 unspecified atom stereocenters. The predicted molar refractivity (Wildman–Crippen MR) is 107 cm³/mol. The van der Waals surface area contributed by atoms with E-state index in [4.69, 9.17) is 13.9 Å². The average molecular weight is 442 g/mol. The van der Waals surface area contributed by atoms with Gasteiger partial charge in [-0.2, -0.15) is 0 Å². The van der Waals surface area contributed by atoms with Gasteiger partial charge >= 0.3 is 149 Å². The van der Waals surface area contributed by atoms with E-state index < -0.39 is 0 Å². The summed E-state index contributed by atoms with van der Waals surface area (Å²) in [6.07, 6.45) is 1.53. The molecule has 0 radical (unpaired) electrons. The Morgan fingerprint density at radius 2 is 1.86 bits per heavy atom. The van der Waals surface area contributed by atoms with Gasteiger partial charge in [0.15, 0.2) is 0 Å². The van der Waals surface area contributed by atoms with E-state index in [0.29, 0.717) is 28.0 Å². The van der Waals surface area contributed by atoms with Crippen LogP contribution in [0, 0.1) is 0 Å². The number of hydrogen-bond acceptors (Lipinski definition) is 7. The second kappa shape index (κ2) is 7.50. The van der Waals surface area contributed by atoms with Crippen LogP contribution in [0.4, 0.5) is 5.69 Å². The molecule has 0 spiro atoms. The molecule has 8 heteroatoms. The van der Waals surface area contributed by atoms with Crippen molar-refractivity contribution in [1.82, 2.24) is 9.19 Å². The van der Waals surface area contributed by atoms with Crippen LogP contribution in [0.3, 0.4) is 0 Å². The summed E-state index contributed by atoms with van der Waals surface area (Å²) in [7, 11) is 3.03. The van der Waals surface area contributed by atoms with Gasteiger partial charge in [-0.1, -0.05) is 0 Å². The molecular formula is C20H17N3O4Se. The SMILES string of the molecule is COc1c(C(C)=Nc2ccc(-c3c[se]nn3)cc2)c(O)c(OC)c2occc12. The average Bonchev–Trinajstić information content (AvgIpc) is 3.39. The number of hydrogen-bond donors (Lipinski definition) is 1. The van der Waals surface area contributed by atoms with Crippen molar-refractivity contribution in [1.29, 1.82) is 0 Å². The molecule has 0 saturated heterocycles. The standard InChI is InChI=1S/C20H17N3O4Se/c1-11(21-13-6-4-12(5-7-13)15-10-28-23-22-15)16-17(24)20(26-3)19-14(8-9-27-19)18(16)25-2/h4-10,24H,1-3H3. The van der Waals surface area contributed by atoms with Crippen LogP contribution in [-0.4, -0.2) is 49.0 Å². The van der Waals surface area contributed by atoms with Gasteiger partial charge in [-0.15, -0.1) is 0 Å². The second-order valence-corrected chi connectivity index (χ2v) is 7.27. The van der Waals surface area contributed by atoms with Crippen molar-refractivity contribution >= 4 is 37.1 Å². The minimum atomic E-state index is -0.0709. The number of phenols is 1. The van der Waals surface area contributed by atoms with E-state index in [1.165, 1.54) is 13.4 Å². The van der Waals surface area contributed by atoms with Crippen LogP contribution in [0.25, 0.3) is 22.2 Å². The van der Waals surface area contributed by atoms with Gasteiger partial charge in [0.25, 0.3) is 0 Å². The molecule has 0 saturated carbocycles. The third-order valence-electron chi connectivity index (χ3n) is 4.38. The zero-order chi connectivity index (χ0) is 19.7. The third-order valence-corrected chi connectivity index (χ3v) is 5.44. The van der Waals surface area contributed by atoms with E-state index in [1.54, 1.807) is 13.2 Å². The van der Waals surface area contributed by atoms with Gasteiger partial charge in [-0.25, -0.2) is 0 Å². The predicted octanol–water partition coefficient (Wildman–Crippen LogP) is 3.81. The molecule has 0 aliphatic carbocycles. The van der Waals surface area contributed by atoms with E-state index in [2.05, 4.69) is 14.2 Å². The molecule has 0 fully saturated rings. The molecule has 7 nitrogen and oxygen atoms in total. The van der Waals surface area contributed by atoms with Crippen molar-refractivity contribution in [2.45, 2.75) is 6.92 Å². The Hall–Kier alpha value is -3.09. The number of nitrogens with zero attached hydrogens (tertiary/aromatic N) is 3. The van der Waals surface area contributed by atoms with Crippen molar-refractivity contribution in [2.24, 2.45) is 4.99 Å². The number of aromatic nitrogens is 2. The number of aliphatic imine (C=N–C) groups is 1. The van der Waals surface area contributed by atoms with Crippen molar-refractivity contribution in [2.75, 3.05) is 14.2 Å². The van der Waals surface area contributed by atoms with Gasteiger partial charge in [0, 0.05) is 0 Å². The molecular weight excluding hydrogens is 425 g/mol. The van der Waals surface area contributed by atoms with E-state index in [9.17, 15) is 5.11 Å². The van der Waals surface area contributed by atoms with E-state index >= 15 is 0 Å². The van der Waals surface area contributed by atoms with Crippen molar-refractivity contribution in [3.63, 3.8) is 0 Å². The molecule has 4 rings (SSSR count). The third kappa shape index (κ3) is 3.06. The Labute approximate surface area is 167 Å². The summed E-state index contributed by atoms with van der Waals surface area (Å²) in [4.78, 5) is 6.69. The van der Waals surface area contributed by atoms with Crippen molar-refractivity contribution in [3.8, 4) is 28.5 Å². The summed E-state index contributed by atoms with van der Waals surface area (Å²) >= 11 is 0.0988. The zero-order valence-electron chi connectivity index (χ0n) is 15.5. The Morgan fingerprint density at radius 1 is 1.11 bits per heavy atom. The topological polar surface area (TPSA) is 90.0 Å². The first-order chi connectivity index (χ1) is 13.6. The fourth-order valence-corrected chi connectivity index (χ4v) is 4.09. The quantitative estimate of drug-likeness (QED) is 0.374. The summed E-state index contributed by atoms with van der Waals surface area (Å²) in [6, 6.07) is 9.48. The van der Waals surface area contributed by atoms with Gasteiger partial charge in [0.1, 0.15) is 0 Å². The van der Waals surface area contributed by atoms with Crippen LogP contribution < -0.4 is 9.47 Å². The molecule has 0 atom stereocenters. The number of furan rings is 1. The molecule has 2 aromatic carbocycles. The number of rotatable bonds is 5. The van der Waals surface area contributed by atoms with Crippen LogP contribution >= 0.6 is 0 Å². The Kier molecular flexibility index (Phi) is 4.90. The number of benzene rings is 2. The molecule has 0 bridgehead atoms. The minimum absolute atomic E-state index is 0.0709. The Bertz CT molecular complexity index is 1150. The number of aromatic hydroxyl groups is 1. The fraction of sp³-hybridized carbons (Fsp3) is 0.150. The van der Waals surface area contributed by atoms with Gasteiger partial charge in [0.05, 0.1) is 13.4 Å². The van der Waals surface area contributed by atoms with E-state index in [0.717, 1.165) is 16.9 Å². The summed E-state index contributed by atoms with van der Waals surface area (Å²) in [5.41, 5.74) is 4.12. The van der Waals surface area contributed by atoms with Crippen LogP contribution in [0.1, 0.15) is 12.5 Å². The molecule has 0 aliphatic heterocycles. The van der Waals surface area contributed by atoms with Crippen LogP contribution in [0.15, 0.2) is 50.9 Å². The van der Waals surface area contributed by atoms with Crippen molar-refractivity contribution < 1.29 is 19.0 Å². The summed E-state index contributed by atoms with van der Waals surface area (Å²) in [6.45, 7) is 1.81. The molecule has 2 aromatic heterocycles. The van der Waals surface area contributed by atoms with Gasteiger partial charge < -0.3 is 4.42 Å². The monoisotopic (exact) mass is 443 g/mol. The van der Waals surface area contributed by atoms with Crippen LogP contribution in [-0.2, 0) is 0 Å². The van der Waals surface area contributed by atoms with E-state index in [-0.39, 0.29) is 26.2 Å². The molecule has 4 aromatic rings. The maximum atomic E-state index is 10.8. The maximum absolute atomic E-state index is 10.8. The summed E-state index contributed by atoms with van der Waals surface area (Å²) in [5, 5.41) is 15.6. The van der Waals surface area contributed by atoms with Crippen LogP contribution in [0.2, 0.25) is 0 Å². The van der Waals surface area contributed by atoms with Crippen LogP contribution in [0.5, 0.6) is 17.2 Å². The van der Waals surface area contributed by atoms with Crippen molar-refractivity contribution in [3.05, 3.63) is 47.1 Å². The van der Waals surface area contributed by atoms with Gasteiger partial charge in [-0.05, 0) is 0 Å². The zero-order valence-corrected chi connectivity index (χ0v) is 17.2. The number of methoxy groups -OCH3 is 2. The summed E-state index contributed by atoms with van der Waals surface area (Å²) < 4.78 is 20.4. The summed E-state index contributed by atoms with van der Waals surface area (Å²) in [5.74, 6) is 0.665. The first kappa shape index (κ1) is 18.3. The Balaban J connectivity index is 1.80. The second-order valence-electron chi connectivity index (χ2n) is 5.99. The number of ether oxygens (including phenoxy) is 2. The molecule has 0 amide bonds. The van der Waals surface area contributed by atoms with E-state index in [1.807, 2.05) is 36.1 Å². The fourth-order valence-electron chi connectivity index (χ4n) is 3.11. The molecule has 28 heavy (non-hydrogen) atoms. The molecule has 0 aliphatic rings. The number of fused-ring (bicyclic) bond motifs is 1. The molecule has 142 valence electrons.